The smallest absolute Gasteiger partial charge is 0.341 e. The van der Waals surface area contributed by atoms with Crippen LogP contribution in [-0.4, -0.2) is 70.2 Å². The number of halogens is 3. The number of carbonyl (C=O) groups is 1. The fraction of sp³-hybridized carbons (Fsp3) is 0.333. The topological polar surface area (TPSA) is 110 Å². The van der Waals surface area contributed by atoms with Crippen LogP contribution in [0.4, 0.5) is 18.0 Å². The average molecular weight is 549 g/mol. The molecule has 200 valence electrons. The number of likely N-dealkylation sites (tertiary alicyclic amines) is 1. The Balaban J connectivity index is 1.28. The molecule has 2 aromatic heterocycles. The predicted molar refractivity (Wildman–Crippen MR) is 131 cm³/mol. The molecule has 0 unspecified atom stereocenters. The van der Waals surface area contributed by atoms with Crippen molar-refractivity contribution in [2.45, 2.75) is 32.4 Å². The molecule has 10 nitrogen and oxygen atoms in total. The van der Waals surface area contributed by atoms with E-state index >= 15 is 0 Å². The van der Waals surface area contributed by atoms with Crippen molar-refractivity contribution in [3.8, 4) is 17.0 Å². The van der Waals surface area contributed by atoms with E-state index in [1.54, 1.807) is 13.8 Å². The van der Waals surface area contributed by atoms with Crippen molar-refractivity contribution in [3.63, 3.8) is 0 Å². The Kier molecular flexibility index (Phi) is 6.37. The van der Waals surface area contributed by atoms with Gasteiger partial charge in [-0.15, -0.1) is 0 Å². The van der Waals surface area contributed by atoms with Gasteiger partial charge in [0.15, 0.2) is 11.6 Å². The van der Waals surface area contributed by atoms with Gasteiger partial charge in [0.2, 0.25) is 0 Å². The third kappa shape index (κ3) is 4.71. The van der Waals surface area contributed by atoms with Crippen LogP contribution >= 0.6 is 0 Å². The normalized spacial score (nSPS) is 17.7. The molecular formula is C24H23F3N6O4S. The minimum absolute atomic E-state index is 0.106. The lowest BCUT2D eigenvalue weighted by atomic mass is 10.0. The molecule has 5 rings (SSSR count). The van der Waals surface area contributed by atoms with Gasteiger partial charge in [0, 0.05) is 30.3 Å². The van der Waals surface area contributed by atoms with Crippen LogP contribution in [0.3, 0.4) is 0 Å². The summed E-state index contributed by atoms with van der Waals surface area (Å²) in [5.41, 5.74) is 1.75. The number of hydrazone groups is 1. The van der Waals surface area contributed by atoms with Gasteiger partial charge in [0.05, 0.1) is 48.7 Å². The lowest BCUT2D eigenvalue weighted by Crippen LogP contribution is -2.58. The lowest BCUT2D eigenvalue weighted by molar-refractivity contribution is 0.0256. The number of aryl methyl sites for hydroxylation is 1. The van der Waals surface area contributed by atoms with Crippen LogP contribution in [0.5, 0.6) is 5.75 Å². The van der Waals surface area contributed by atoms with Crippen molar-refractivity contribution >= 4 is 22.3 Å². The molecule has 2 aliphatic heterocycles. The van der Waals surface area contributed by atoms with Crippen LogP contribution in [0, 0.1) is 31.3 Å². The molecular weight excluding hydrogens is 525 g/mol. The first-order valence-electron chi connectivity index (χ1n) is 11.6. The van der Waals surface area contributed by atoms with Gasteiger partial charge in [-0.25, -0.2) is 31.4 Å². The van der Waals surface area contributed by atoms with E-state index in [1.807, 2.05) is 0 Å². The first-order valence-corrected chi connectivity index (χ1v) is 13.4. The number of hydrogen-bond donors (Lipinski definition) is 0. The minimum Gasteiger partial charge on any atom is -0.483 e. The van der Waals surface area contributed by atoms with Gasteiger partial charge in [-0.05, 0) is 31.5 Å². The Hall–Kier alpha value is -3.94. The quantitative estimate of drug-likeness (QED) is 0.484. The number of ether oxygens (including phenoxy) is 1. The highest BCUT2D eigenvalue weighted by Gasteiger charge is 2.39. The second kappa shape index (κ2) is 9.42. The lowest BCUT2D eigenvalue weighted by Gasteiger charge is -2.41. The van der Waals surface area contributed by atoms with E-state index in [0.29, 0.717) is 23.4 Å². The van der Waals surface area contributed by atoms with Gasteiger partial charge in [-0.2, -0.15) is 14.3 Å². The molecule has 3 aromatic rings. The monoisotopic (exact) mass is 548 g/mol. The summed E-state index contributed by atoms with van der Waals surface area (Å²) in [4.78, 5) is 18.5. The van der Waals surface area contributed by atoms with Gasteiger partial charge in [0.1, 0.15) is 17.7 Å². The summed E-state index contributed by atoms with van der Waals surface area (Å²) in [5.74, 6) is -2.32. The van der Waals surface area contributed by atoms with Crippen LogP contribution < -0.4 is 4.74 Å². The molecule has 0 saturated carbocycles. The van der Waals surface area contributed by atoms with Crippen LogP contribution in [0.2, 0.25) is 0 Å². The standard InChI is InChI=1S/C24H23F3N6O4S/c1-13-23(14(2)33(30-13)38(3,35)36)20-9-22(19(27)10-28-20)37-18-11-31(12-18)24(34)32-21(4-5-29-32)15-6-16(25)8-17(26)7-15/h5-10,18,21H,4,11-12H2,1-3H3/t21-/m0/s1. The zero-order chi connectivity index (χ0) is 27.4. The number of nitrogens with zero attached hydrogens (tertiary/aromatic N) is 6. The van der Waals surface area contributed by atoms with Crippen molar-refractivity contribution in [1.82, 2.24) is 24.1 Å². The van der Waals surface area contributed by atoms with Crippen LogP contribution in [0.1, 0.15) is 29.4 Å². The number of benzene rings is 1. The molecule has 1 aromatic carbocycles. The maximum Gasteiger partial charge on any atom is 0.341 e. The molecule has 0 spiro atoms. The number of amides is 2. The van der Waals surface area contributed by atoms with E-state index in [0.717, 1.165) is 34.7 Å². The number of rotatable bonds is 5. The van der Waals surface area contributed by atoms with Crippen molar-refractivity contribution in [3.05, 3.63) is 64.9 Å². The molecule has 0 radical (unpaired) electrons. The maximum atomic E-state index is 14.5. The van der Waals surface area contributed by atoms with Crippen LogP contribution in [0.15, 0.2) is 35.6 Å². The van der Waals surface area contributed by atoms with E-state index in [1.165, 1.54) is 22.2 Å². The third-order valence-electron chi connectivity index (χ3n) is 6.35. The maximum absolute atomic E-state index is 14.5. The predicted octanol–water partition coefficient (Wildman–Crippen LogP) is 3.40. The summed E-state index contributed by atoms with van der Waals surface area (Å²) in [6.45, 7) is 3.47. The number of aromatic nitrogens is 3. The molecule has 2 amide bonds. The van der Waals surface area contributed by atoms with Gasteiger partial charge >= 0.3 is 6.03 Å². The van der Waals surface area contributed by atoms with E-state index in [9.17, 15) is 26.4 Å². The number of pyridine rings is 1. The average Bonchev–Trinajstić information content (AvgIpc) is 3.40. The SMILES string of the molecule is Cc1nn(S(C)(=O)=O)c(C)c1-c1cc(OC2CN(C(=O)N3N=CC[C@H]3c3cc(F)cc(F)c3)C2)c(F)cn1. The van der Waals surface area contributed by atoms with Gasteiger partial charge in [0.25, 0.3) is 10.0 Å². The highest BCUT2D eigenvalue weighted by molar-refractivity contribution is 7.89. The number of hydrogen-bond acceptors (Lipinski definition) is 7. The molecule has 1 atom stereocenters. The summed E-state index contributed by atoms with van der Waals surface area (Å²) in [5, 5.41) is 9.29. The summed E-state index contributed by atoms with van der Waals surface area (Å²) in [6.07, 6.45) is 3.29. The van der Waals surface area contributed by atoms with Gasteiger partial charge < -0.3 is 9.64 Å². The van der Waals surface area contributed by atoms with Gasteiger partial charge in [-0.3, -0.25) is 4.98 Å². The molecule has 4 heterocycles. The molecule has 2 aliphatic rings. The fourth-order valence-electron chi connectivity index (χ4n) is 4.60. The molecule has 38 heavy (non-hydrogen) atoms. The van der Waals surface area contributed by atoms with E-state index < -0.39 is 45.7 Å². The third-order valence-corrected chi connectivity index (χ3v) is 7.33. The zero-order valence-corrected chi connectivity index (χ0v) is 21.4. The molecule has 1 saturated heterocycles. The summed E-state index contributed by atoms with van der Waals surface area (Å²) >= 11 is 0. The van der Waals surface area contributed by atoms with Crippen molar-refractivity contribution in [1.29, 1.82) is 0 Å². The Morgan fingerprint density at radius 1 is 1.08 bits per heavy atom. The second-order valence-corrected chi connectivity index (χ2v) is 11.0. The highest BCUT2D eigenvalue weighted by Crippen LogP contribution is 2.33. The Bertz CT molecular complexity index is 1550. The molecule has 0 aliphatic carbocycles. The highest BCUT2D eigenvalue weighted by atomic mass is 32.2. The molecule has 0 bridgehead atoms. The Morgan fingerprint density at radius 2 is 1.76 bits per heavy atom. The van der Waals surface area contributed by atoms with E-state index in [-0.39, 0.29) is 30.1 Å². The Morgan fingerprint density at radius 3 is 2.39 bits per heavy atom. The zero-order valence-electron chi connectivity index (χ0n) is 20.6. The summed E-state index contributed by atoms with van der Waals surface area (Å²) in [7, 11) is -3.64. The fourth-order valence-corrected chi connectivity index (χ4v) is 5.46. The molecule has 14 heteroatoms. The Labute approximate surface area is 216 Å². The number of urea groups is 1. The van der Waals surface area contributed by atoms with Crippen molar-refractivity contribution in [2.24, 2.45) is 5.10 Å². The van der Waals surface area contributed by atoms with E-state index in [4.69, 9.17) is 4.74 Å². The van der Waals surface area contributed by atoms with E-state index in [2.05, 4.69) is 15.2 Å². The first kappa shape index (κ1) is 25.7. The van der Waals surface area contributed by atoms with Crippen LogP contribution in [0.25, 0.3) is 11.3 Å². The summed E-state index contributed by atoms with van der Waals surface area (Å²) < 4.78 is 72.6. The van der Waals surface area contributed by atoms with Crippen molar-refractivity contribution in [2.75, 3.05) is 19.3 Å². The van der Waals surface area contributed by atoms with Crippen molar-refractivity contribution < 1.29 is 31.1 Å². The second-order valence-electron chi connectivity index (χ2n) is 9.18. The summed E-state index contributed by atoms with van der Waals surface area (Å²) in [6, 6.07) is 3.33. The largest absolute Gasteiger partial charge is 0.483 e. The van der Waals surface area contributed by atoms with Crippen LogP contribution in [-0.2, 0) is 10.0 Å². The molecule has 0 N–H and O–H groups in total. The van der Waals surface area contributed by atoms with Gasteiger partial charge in [-0.1, -0.05) is 0 Å². The molecule has 1 fully saturated rings. The first-order chi connectivity index (χ1) is 17.9. The number of carbonyl (C=O) groups excluding carboxylic acids is 1. The minimum atomic E-state index is -3.64.